The van der Waals surface area contributed by atoms with Crippen LogP contribution in [0.5, 0.6) is 0 Å². The summed E-state index contributed by atoms with van der Waals surface area (Å²) in [5, 5.41) is 2.33. The van der Waals surface area contributed by atoms with E-state index in [2.05, 4.69) is 109 Å². The van der Waals surface area contributed by atoms with Crippen LogP contribution in [0, 0.1) is 6.92 Å². The summed E-state index contributed by atoms with van der Waals surface area (Å²) in [7, 11) is 0. The Kier molecular flexibility index (Phi) is 5.00. The van der Waals surface area contributed by atoms with Gasteiger partial charge in [-0.1, -0.05) is 79.4 Å². The molecule has 43 heavy (non-hydrogen) atoms. The Labute approximate surface area is 249 Å². The Balaban J connectivity index is 1.26. The lowest BCUT2D eigenvalue weighted by atomic mass is 9.77. The normalized spacial score (nSPS) is 15.0. The van der Waals surface area contributed by atoms with E-state index in [9.17, 15) is 0 Å². The molecule has 1 aliphatic carbocycles. The maximum Gasteiger partial charge on any atom is 0.146 e. The van der Waals surface area contributed by atoms with Gasteiger partial charge in [-0.2, -0.15) is 0 Å². The summed E-state index contributed by atoms with van der Waals surface area (Å²) in [6.45, 7) is 6.11. The quantitative estimate of drug-likeness (QED) is 0.206. The lowest BCUT2D eigenvalue weighted by molar-refractivity contribution is 1.07. The van der Waals surface area contributed by atoms with Crippen molar-refractivity contribution in [1.29, 1.82) is 0 Å². The number of imidazole rings is 1. The first kappa shape index (κ1) is 24.0. The van der Waals surface area contributed by atoms with Gasteiger partial charge in [0.05, 0.1) is 39.7 Å². The largest absolute Gasteiger partial charge is 0.292 e. The molecule has 1 unspecified atom stereocenters. The first-order valence-electron chi connectivity index (χ1n) is 14.6. The fourth-order valence-corrected chi connectivity index (χ4v) is 7.07. The minimum Gasteiger partial charge on any atom is -0.292 e. The van der Waals surface area contributed by atoms with Gasteiger partial charge in [0.2, 0.25) is 0 Å². The molecule has 0 fully saturated rings. The Morgan fingerprint density at radius 3 is 2.53 bits per heavy atom. The summed E-state index contributed by atoms with van der Waals surface area (Å²) in [6.07, 6.45) is 7.85. The van der Waals surface area contributed by atoms with Crippen LogP contribution in [0.25, 0.3) is 55.9 Å². The van der Waals surface area contributed by atoms with Crippen LogP contribution < -0.4 is 0 Å². The first-order valence-corrected chi connectivity index (χ1v) is 14.6. The van der Waals surface area contributed by atoms with Gasteiger partial charge >= 0.3 is 0 Å². The number of rotatable bonds is 3. The third-order valence-electron chi connectivity index (χ3n) is 9.04. The van der Waals surface area contributed by atoms with Crippen LogP contribution >= 0.6 is 0 Å². The van der Waals surface area contributed by atoms with Gasteiger partial charge in [-0.3, -0.25) is 14.4 Å². The summed E-state index contributed by atoms with van der Waals surface area (Å²) in [6, 6.07) is 34.6. The van der Waals surface area contributed by atoms with Crippen molar-refractivity contribution in [1.82, 2.24) is 14.4 Å². The Bertz CT molecular complexity index is 2390. The molecule has 7 aromatic rings. The molecule has 3 aromatic heterocycles. The zero-order valence-electron chi connectivity index (χ0n) is 23.6. The van der Waals surface area contributed by atoms with E-state index in [0.717, 1.165) is 67.1 Å². The van der Waals surface area contributed by atoms with Gasteiger partial charge in [0.25, 0.3) is 0 Å². The average Bonchev–Trinajstić information content (AvgIpc) is 3.64. The third kappa shape index (κ3) is 3.35. The van der Waals surface area contributed by atoms with E-state index in [1.165, 1.54) is 22.1 Å². The van der Waals surface area contributed by atoms with Crippen LogP contribution in [0.4, 0.5) is 5.69 Å². The molecule has 0 amide bonds. The van der Waals surface area contributed by atoms with E-state index in [1.54, 1.807) is 0 Å². The number of benzene rings is 4. The average molecular weight is 551 g/mol. The van der Waals surface area contributed by atoms with E-state index >= 15 is 0 Å². The van der Waals surface area contributed by atoms with E-state index in [1.807, 2.05) is 30.5 Å². The van der Waals surface area contributed by atoms with Gasteiger partial charge in [-0.15, -0.1) is 0 Å². The lowest BCUT2D eigenvalue weighted by Crippen LogP contribution is -2.19. The fraction of sp³-hybridized carbons (Fsp3) is 0.0513. The number of fused-ring (bicyclic) bond motifs is 13. The Morgan fingerprint density at radius 2 is 1.60 bits per heavy atom. The fourth-order valence-electron chi connectivity index (χ4n) is 7.07. The van der Waals surface area contributed by atoms with Crippen molar-refractivity contribution < 1.29 is 0 Å². The van der Waals surface area contributed by atoms with Crippen molar-refractivity contribution in [2.24, 2.45) is 4.99 Å². The van der Waals surface area contributed by atoms with Crippen LogP contribution in [0.3, 0.4) is 0 Å². The number of nitrogens with zero attached hydrogens (tertiary/aromatic N) is 4. The highest BCUT2D eigenvalue weighted by Crippen LogP contribution is 2.49. The molecule has 0 saturated heterocycles. The number of pyridine rings is 2. The monoisotopic (exact) mass is 550 g/mol. The topological polar surface area (TPSA) is 42.5 Å². The minimum absolute atomic E-state index is 0.121. The molecule has 9 rings (SSSR count). The number of aromatic nitrogens is 3. The summed E-state index contributed by atoms with van der Waals surface area (Å²) < 4.78 is 2.27. The van der Waals surface area contributed by atoms with Gasteiger partial charge in [-0.25, -0.2) is 4.98 Å². The third-order valence-corrected chi connectivity index (χ3v) is 9.04. The summed E-state index contributed by atoms with van der Waals surface area (Å²) in [5.74, 6) is 0.121. The van der Waals surface area contributed by atoms with E-state index in [-0.39, 0.29) is 5.92 Å². The molecule has 202 valence electrons. The Hall–Kier alpha value is -5.61. The van der Waals surface area contributed by atoms with Crippen molar-refractivity contribution >= 4 is 44.9 Å². The molecule has 2 aliphatic rings. The smallest absolute Gasteiger partial charge is 0.146 e. The molecule has 0 radical (unpaired) electrons. The molecule has 4 heteroatoms. The highest BCUT2D eigenvalue weighted by molar-refractivity contribution is 6.18. The van der Waals surface area contributed by atoms with Gasteiger partial charge in [0.15, 0.2) is 0 Å². The van der Waals surface area contributed by atoms with E-state index in [0.29, 0.717) is 0 Å². The second kappa shape index (κ2) is 8.94. The highest BCUT2D eigenvalue weighted by Gasteiger charge is 2.37. The van der Waals surface area contributed by atoms with E-state index < -0.39 is 0 Å². The zero-order chi connectivity index (χ0) is 28.7. The number of hydrogen-bond donors (Lipinski definition) is 0. The summed E-state index contributed by atoms with van der Waals surface area (Å²) >= 11 is 0. The molecule has 0 spiro atoms. The standard InChI is InChI=1S/C39H26N4/c1-3-4-14-34-23(2)30-21-24(17-19-27(30)39-42-33-13-7-8-15-35(33)43(34)39)25-16-18-26-31(22-25)37-29(11-9-20-40-37)36-28-10-5-6-12-32(28)41-38(26)36/h3-22,36H,1H2,2H3/b14-4-. The van der Waals surface area contributed by atoms with Crippen molar-refractivity contribution in [2.75, 3.05) is 0 Å². The summed E-state index contributed by atoms with van der Waals surface area (Å²) in [4.78, 5) is 15.1. The number of aryl methyl sites for hydroxylation is 1. The van der Waals surface area contributed by atoms with Crippen LogP contribution in [-0.4, -0.2) is 20.1 Å². The molecule has 0 bridgehead atoms. The molecule has 0 N–H and O–H groups in total. The molecule has 4 aromatic carbocycles. The predicted octanol–water partition coefficient (Wildman–Crippen LogP) is 9.46. The summed E-state index contributed by atoms with van der Waals surface area (Å²) in [5.41, 5.74) is 15.7. The Morgan fingerprint density at radius 1 is 0.791 bits per heavy atom. The number of para-hydroxylation sites is 3. The highest BCUT2D eigenvalue weighted by atomic mass is 15.0. The van der Waals surface area contributed by atoms with Gasteiger partial charge in [0.1, 0.15) is 5.65 Å². The van der Waals surface area contributed by atoms with Crippen LogP contribution in [0.15, 0.2) is 127 Å². The van der Waals surface area contributed by atoms with Crippen LogP contribution in [0.2, 0.25) is 0 Å². The van der Waals surface area contributed by atoms with Crippen molar-refractivity contribution in [3.05, 3.63) is 150 Å². The second-order valence-electron chi connectivity index (χ2n) is 11.3. The number of hydrogen-bond acceptors (Lipinski definition) is 3. The molecule has 1 atom stereocenters. The van der Waals surface area contributed by atoms with Crippen LogP contribution in [-0.2, 0) is 0 Å². The van der Waals surface area contributed by atoms with Crippen molar-refractivity contribution in [3.8, 4) is 22.4 Å². The van der Waals surface area contributed by atoms with Gasteiger partial charge in [-0.05, 0) is 82.6 Å². The maximum atomic E-state index is 5.12. The van der Waals surface area contributed by atoms with Gasteiger partial charge < -0.3 is 0 Å². The number of allylic oxidation sites excluding steroid dienone is 2. The second-order valence-corrected chi connectivity index (χ2v) is 11.3. The van der Waals surface area contributed by atoms with Crippen LogP contribution in [0.1, 0.15) is 33.9 Å². The SMILES string of the molecule is C=C/C=C\c1c(C)c2cc(-c3ccc4c(c3)-c3ncccc3C3C4=Nc4ccccc43)ccc2c2nc3ccccc3n12. The molecular weight excluding hydrogens is 524 g/mol. The first-order chi connectivity index (χ1) is 21.2. The molecule has 4 heterocycles. The molecule has 1 aliphatic heterocycles. The zero-order valence-corrected chi connectivity index (χ0v) is 23.6. The maximum absolute atomic E-state index is 5.12. The molecular formula is C39H26N4. The van der Waals surface area contributed by atoms with Crippen molar-refractivity contribution in [2.45, 2.75) is 12.8 Å². The predicted molar refractivity (Wildman–Crippen MR) is 177 cm³/mol. The number of aliphatic imine (C=N–C) groups is 1. The van der Waals surface area contributed by atoms with Gasteiger partial charge in [0, 0.05) is 22.7 Å². The lowest BCUT2D eigenvalue weighted by Gasteiger charge is -2.26. The van der Waals surface area contributed by atoms with Crippen molar-refractivity contribution in [3.63, 3.8) is 0 Å². The molecule has 0 saturated carbocycles. The van der Waals surface area contributed by atoms with E-state index in [4.69, 9.17) is 15.0 Å². The minimum atomic E-state index is 0.121. The molecule has 4 nitrogen and oxygen atoms in total.